The van der Waals surface area contributed by atoms with Crippen LogP contribution in [0.15, 0.2) is 0 Å². The van der Waals surface area contributed by atoms with Crippen molar-refractivity contribution in [3.8, 4) is 0 Å². The SMILES string of the molecule is CCCN(C(C)C)S(=O)(=O)Cl. The number of halogens is 1. The van der Waals surface area contributed by atoms with Crippen LogP contribution in [0, 0.1) is 0 Å². The highest BCUT2D eigenvalue weighted by Gasteiger charge is 2.20. The van der Waals surface area contributed by atoms with Gasteiger partial charge in [-0.2, -0.15) is 12.7 Å². The summed E-state index contributed by atoms with van der Waals surface area (Å²) in [6, 6.07) is -0.0579. The molecule has 0 saturated heterocycles. The van der Waals surface area contributed by atoms with E-state index in [4.69, 9.17) is 10.7 Å². The quantitative estimate of drug-likeness (QED) is 0.645. The Morgan fingerprint density at radius 2 is 1.91 bits per heavy atom. The molecule has 0 atom stereocenters. The van der Waals surface area contributed by atoms with E-state index in [9.17, 15) is 8.42 Å². The molecule has 0 radical (unpaired) electrons. The molecule has 0 aromatic rings. The molecule has 0 heterocycles. The van der Waals surface area contributed by atoms with Gasteiger partial charge in [-0.15, -0.1) is 0 Å². The standard InChI is InChI=1S/C6H14ClNO2S/c1-4-5-8(6(2)3)11(7,9)10/h6H,4-5H2,1-3H3. The Hall–Kier alpha value is 0.200. The topological polar surface area (TPSA) is 37.4 Å². The molecule has 0 rings (SSSR count). The van der Waals surface area contributed by atoms with Crippen molar-refractivity contribution in [2.75, 3.05) is 6.54 Å². The lowest BCUT2D eigenvalue weighted by atomic mass is 10.4. The third-order valence-electron chi connectivity index (χ3n) is 1.30. The lowest BCUT2D eigenvalue weighted by Crippen LogP contribution is -2.34. The summed E-state index contributed by atoms with van der Waals surface area (Å²) in [5.41, 5.74) is 0. The van der Waals surface area contributed by atoms with Crippen molar-refractivity contribution in [3.05, 3.63) is 0 Å². The molecule has 0 aliphatic rings. The van der Waals surface area contributed by atoms with E-state index in [0.717, 1.165) is 6.42 Å². The molecule has 0 amide bonds. The van der Waals surface area contributed by atoms with Gasteiger partial charge in [-0.3, -0.25) is 0 Å². The van der Waals surface area contributed by atoms with E-state index >= 15 is 0 Å². The first-order chi connectivity index (χ1) is 4.89. The van der Waals surface area contributed by atoms with Crippen molar-refractivity contribution in [2.24, 2.45) is 0 Å². The highest BCUT2D eigenvalue weighted by molar-refractivity contribution is 8.11. The fourth-order valence-electron chi connectivity index (χ4n) is 0.839. The third kappa shape index (κ3) is 3.94. The van der Waals surface area contributed by atoms with Crippen molar-refractivity contribution < 1.29 is 8.42 Å². The van der Waals surface area contributed by atoms with E-state index < -0.39 is 9.24 Å². The lowest BCUT2D eigenvalue weighted by Gasteiger charge is -2.21. The summed E-state index contributed by atoms with van der Waals surface area (Å²) in [5.74, 6) is 0. The molecular formula is C6H14ClNO2S. The van der Waals surface area contributed by atoms with Gasteiger partial charge in [-0.05, 0) is 20.3 Å². The van der Waals surface area contributed by atoms with Gasteiger partial charge < -0.3 is 0 Å². The maximum absolute atomic E-state index is 10.9. The number of nitrogens with zero attached hydrogens (tertiary/aromatic N) is 1. The average molecular weight is 200 g/mol. The monoisotopic (exact) mass is 199 g/mol. The molecule has 11 heavy (non-hydrogen) atoms. The second-order valence-electron chi connectivity index (χ2n) is 2.65. The van der Waals surface area contributed by atoms with Gasteiger partial charge in [0.25, 0.3) is 9.24 Å². The predicted octanol–water partition coefficient (Wildman–Crippen LogP) is 1.59. The molecule has 0 aliphatic heterocycles. The minimum atomic E-state index is -3.52. The van der Waals surface area contributed by atoms with Crippen molar-refractivity contribution in [3.63, 3.8) is 0 Å². The molecule has 68 valence electrons. The zero-order chi connectivity index (χ0) is 9.07. The maximum atomic E-state index is 10.9. The summed E-state index contributed by atoms with van der Waals surface area (Å²) in [7, 11) is 1.65. The van der Waals surface area contributed by atoms with Crippen LogP contribution in [-0.2, 0) is 9.24 Å². The first kappa shape index (κ1) is 11.2. The Labute approximate surface area is 72.9 Å². The molecular weight excluding hydrogens is 186 g/mol. The van der Waals surface area contributed by atoms with E-state index in [1.165, 1.54) is 4.31 Å². The van der Waals surface area contributed by atoms with Gasteiger partial charge in [0.15, 0.2) is 0 Å². The van der Waals surface area contributed by atoms with E-state index in [2.05, 4.69) is 0 Å². The molecule has 0 unspecified atom stereocenters. The highest BCUT2D eigenvalue weighted by atomic mass is 35.7. The fraction of sp³-hybridized carbons (Fsp3) is 1.00. The second-order valence-corrected chi connectivity index (χ2v) is 5.11. The maximum Gasteiger partial charge on any atom is 0.300 e. The van der Waals surface area contributed by atoms with Gasteiger partial charge in [-0.1, -0.05) is 6.92 Å². The Balaban J connectivity index is 4.36. The predicted molar refractivity (Wildman–Crippen MR) is 46.9 cm³/mol. The average Bonchev–Trinajstić information content (AvgIpc) is 1.79. The van der Waals surface area contributed by atoms with Crippen LogP contribution in [0.5, 0.6) is 0 Å². The fourth-order valence-corrected chi connectivity index (χ4v) is 2.43. The Morgan fingerprint density at radius 1 is 1.45 bits per heavy atom. The van der Waals surface area contributed by atoms with Crippen LogP contribution in [0.25, 0.3) is 0 Å². The second kappa shape index (κ2) is 4.28. The Kier molecular flexibility index (Phi) is 4.36. The van der Waals surface area contributed by atoms with E-state index in [1.54, 1.807) is 13.8 Å². The summed E-state index contributed by atoms with van der Waals surface area (Å²) >= 11 is 0. The van der Waals surface area contributed by atoms with Crippen LogP contribution in [0.2, 0.25) is 0 Å². The molecule has 3 nitrogen and oxygen atoms in total. The zero-order valence-corrected chi connectivity index (χ0v) is 8.61. The number of rotatable bonds is 4. The largest absolute Gasteiger partial charge is 0.300 e. The summed E-state index contributed by atoms with van der Waals surface area (Å²) in [6.45, 7) is 6.01. The molecule has 5 heteroatoms. The highest BCUT2D eigenvalue weighted by Crippen LogP contribution is 2.11. The van der Waals surface area contributed by atoms with Crippen molar-refractivity contribution in [1.29, 1.82) is 0 Å². The van der Waals surface area contributed by atoms with E-state index in [1.807, 2.05) is 6.92 Å². The molecule has 0 saturated carbocycles. The summed E-state index contributed by atoms with van der Waals surface area (Å²) < 4.78 is 23.0. The van der Waals surface area contributed by atoms with E-state index in [0.29, 0.717) is 6.54 Å². The van der Waals surface area contributed by atoms with Gasteiger partial charge in [-0.25, -0.2) is 0 Å². The summed E-state index contributed by atoms with van der Waals surface area (Å²) in [6.07, 6.45) is 0.782. The third-order valence-corrected chi connectivity index (χ3v) is 3.00. The van der Waals surface area contributed by atoms with Gasteiger partial charge in [0.05, 0.1) is 0 Å². The number of hydrogen-bond donors (Lipinski definition) is 0. The van der Waals surface area contributed by atoms with Crippen molar-refractivity contribution in [1.82, 2.24) is 4.31 Å². The van der Waals surface area contributed by atoms with Gasteiger partial charge in [0.1, 0.15) is 0 Å². The van der Waals surface area contributed by atoms with E-state index in [-0.39, 0.29) is 6.04 Å². The molecule has 0 aromatic carbocycles. The Bertz CT molecular complexity index is 201. The molecule has 0 aromatic heterocycles. The minimum Gasteiger partial charge on any atom is -0.195 e. The Morgan fingerprint density at radius 3 is 2.00 bits per heavy atom. The molecule has 0 fully saturated rings. The minimum absolute atomic E-state index is 0.0579. The van der Waals surface area contributed by atoms with Crippen LogP contribution in [0.3, 0.4) is 0 Å². The first-order valence-electron chi connectivity index (χ1n) is 3.61. The van der Waals surface area contributed by atoms with Crippen LogP contribution in [0.4, 0.5) is 0 Å². The smallest absolute Gasteiger partial charge is 0.195 e. The molecule has 0 bridgehead atoms. The van der Waals surface area contributed by atoms with Crippen molar-refractivity contribution >= 4 is 19.9 Å². The van der Waals surface area contributed by atoms with Crippen molar-refractivity contribution in [2.45, 2.75) is 33.2 Å². The van der Waals surface area contributed by atoms with Crippen LogP contribution in [0.1, 0.15) is 27.2 Å². The normalized spacial score (nSPS) is 12.9. The number of hydrogen-bond acceptors (Lipinski definition) is 2. The van der Waals surface area contributed by atoms with Crippen LogP contribution < -0.4 is 0 Å². The lowest BCUT2D eigenvalue weighted by molar-refractivity contribution is 0.362. The molecule has 0 N–H and O–H groups in total. The molecule has 0 aliphatic carbocycles. The van der Waals surface area contributed by atoms with Gasteiger partial charge in [0, 0.05) is 23.3 Å². The molecule has 0 spiro atoms. The van der Waals surface area contributed by atoms with Crippen LogP contribution >= 0.6 is 10.7 Å². The summed E-state index contributed by atoms with van der Waals surface area (Å²) in [4.78, 5) is 0. The van der Waals surface area contributed by atoms with Crippen LogP contribution in [-0.4, -0.2) is 25.3 Å². The van der Waals surface area contributed by atoms with Gasteiger partial charge in [0.2, 0.25) is 0 Å². The zero-order valence-electron chi connectivity index (χ0n) is 7.04. The van der Waals surface area contributed by atoms with Gasteiger partial charge >= 0.3 is 0 Å². The first-order valence-corrected chi connectivity index (χ1v) is 5.87. The summed E-state index contributed by atoms with van der Waals surface area (Å²) in [5, 5.41) is 0.